The van der Waals surface area contributed by atoms with Crippen LogP contribution in [0.3, 0.4) is 0 Å². The number of likely N-dealkylation sites (tertiary alicyclic amines) is 1. The second kappa shape index (κ2) is 13.4. The maximum Gasteiger partial charge on any atom is 0.243 e. The van der Waals surface area contributed by atoms with Crippen molar-refractivity contribution in [1.29, 1.82) is 0 Å². The Morgan fingerprint density at radius 1 is 1.20 bits per heavy atom. The van der Waals surface area contributed by atoms with Gasteiger partial charge in [0.05, 0.1) is 12.6 Å². The maximum absolute atomic E-state index is 12.0. The fourth-order valence-corrected chi connectivity index (χ4v) is 3.16. The number of likely N-dealkylation sites (N-methyl/N-ethyl adjacent to an activating group) is 2. The molecule has 0 saturated carbocycles. The average Bonchev–Trinajstić information content (AvgIpc) is 2.73. The monoisotopic (exact) mass is 530 g/mol. The number of nitrogens with one attached hydrogen (secondary N) is 3. The lowest BCUT2D eigenvalue weighted by atomic mass is 10.1. The maximum atomic E-state index is 12.0. The quantitative estimate of drug-likeness (QED) is 0.280. The molecule has 1 atom stereocenters. The molecule has 1 unspecified atom stereocenters. The first kappa shape index (κ1) is 26.2. The van der Waals surface area contributed by atoms with Crippen LogP contribution < -0.4 is 16.0 Å². The predicted octanol–water partition coefficient (Wildman–Crippen LogP) is 1.20. The van der Waals surface area contributed by atoms with Gasteiger partial charge in [-0.2, -0.15) is 0 Å². The van der Waals surface area contributed by atoms with Crippen molar-refractivity contribution in [2.24, 2.45) is 4.99 Å². The topological polar surface area (TPSA) is 89.1 Å². The van der Waals surface area contributed by atoms with Crippen LogP contribution in [0, 0.1) is 0 Å². The van der Waals surface area contributed by atoms with Crippen LogP contribution in [-0.2, 0) is 9.59 Å². The van der Waals surface area contributed by atoms with E-state index >= 15 is 0 Å². The molecule has 1 aromatic rings. The number of amides is 2. The number of piperidine rings is 1. The number of rotatable bonds is 7. The highest BCUT2D eigenvalue weighted by Gasteiger charge is 2.22. The standard InChI is InChI=1S/C21H34N6O2.HI/c1-16(17-8-6-5-7-9-17)24-21(23-14-20(29)26(3)4)25-18-10-12-27(13-11-18)15-19(28)22-2;/h5-9,16,18H,10-15H2,1-4H3,(H,22,28)(H2,23,24,25);1H. The molecule has 2 rings (SSSR count). The molecule has 30 heavy (non-hydrogen) atoms. The molecule has 3 N–H and O–H groups in total. The van der Waals surface area contributed by atoms with E-state index in [9.17, 15) is 9.59 Å². The van der Waals surface area contributed by atoms with Crippen LogP contribution >= 0.6 is 24.0 Å². The lowest BCUT2D eigenvalue weighted by Gasteiger charge is -2.33. The van der Waals surface area contributed by atoms with E-state index in [1.165, 1.54) is 0 Å². The molecule has 2 amide bonds. The van der Waals surface area contributed by atoms with Gasteiger partial charge in [0.15, 0.2) is 5.96 Å². The molecular weight excluding hydrogens is 495 g/mol. The molecule has 8 nitrogen and oxygen atoms in total. The van der Waals surface area contributed by atoms with E-state index in [2.05, 4.69) is 44.9 Å². The summed E-state index contributed by atoms with van der Waals surface area (Å²) >= 11 is 0. The van der Waals surface area contributed by atoms with Crippen molar-refractivity contribution >= 4 is 41.8 Å². The largest absolute Gasteiger partial charge is 0.358 e. The van der Waals surface area contributed by atoms with Crippen molar-refractivity contribution in [3.63, 3.8) is 0 Å². The molecule has 0 aliphatic carbocycles. The summed E-state index contributed by atoms with van der Waals surface area (Å²) in [6.07, 6.45) is 1.83. The number of carbonyl (C=O) groups is 2. The summed E-state index contributed by atoms with van der Waals surface area (Å²) in [5.74, 6) is 0.638. The Morgan fingerprint density at radius 2 is 1.83 bits per heavy atom. The van der Waals surface area contributed by atoms with Gasteiger partial charge in [0.2, 0.25) is 11.8 Å². The zero-order valence-electron chi connectivity index (χ0n) is 18.4. The van der Waals surface area contributed by atoms with Crippen LogP contribution in [0.25, 0.3) is 0 Å². The lowest BCUT2D eigenvalue weighted by Crippen LogP contribution is -2.50. The van der Waals surface area contributed by atoms with E-state index in [0.29, 0.717) is 12.5 Å². The number of benzene rings is 1. The molecule has 0 aromatic heterocycles. The minimum atomic E-state index is -0.0427. The number of nitrogens with zero attached hydrogens (tertiary/aromatic N) is 3. The molecule has 9 heteroatoms. The van der Waals surface area contributed by atoms with Crippen molar-refractivity contribution in [2.75, 3.05) is 47.3 Å². The zero-order valence-corrected chi connectivity index (χ0v) is 20.7. The first-order chi connectivity index (χ1) is 13.9. The third-order valence-electron chi connectivity index (χ3n) is 5.10. The van der Waals surface area contributed by atoms with Crippen LogP contribution in [0.1, 0.15) is 31.4 Å². The average molecular weight is 530 g/mol. The number of halogens is 1. The summed E-state index contributed by atoms with van der Waals surface area (Å²) < 4.78 is 0. The molecular formula is C21H35IN6O2. The van der Waals surface area contributed by atoms with Gasteiger partial charge < -0.3 is 20.9 Å². The van der Waals surface area contributed by atoms with E-state index < -0.39 is 0 Å². The highest BCUT2D eigenvalue weighted by atomic mass is 127. The number of carbonyl (C=O) groups excluding carboxylic acids is 2. The number of hydrogen-bond donors (Lipinski definition) is 3. The van der Waals surface area contributed by atoms with Gasteiger partial charge in [0, 0.05) is 40.3 Å². The molecule has 0 bridgehead atoms. The number of aliphatic imine (C=N–C) groups is 1. The fourth-order valence-electron chi connectivity index (χ4n) is 3.16. The van der Waals surface area contributed by atoms with Crippen LogP contribution in [-0.4, -0.2) is 80.9 Å². The normalized spacial score (nSPS) is 16.2. The Hall–Kier alpha value is -1.88. The van der Waals surface area contributed by atoms with E-state index in [1.54, 1.807) is 26.0 Å². The van der Waals surface area contributed by atoms with Gasteiger partial charge in [-0.15, -0.1) is 24.0 Å². The second-order valence-electron chi connectivity index (χ2n) is 7.60. The highest BCUT2D eigenvalue weighted by molar-refractivity contribution is 14.0. The summed E-state index contributed by atoms with van der Waals surface area (Å²) in [7, 11) is 5.12. The Balaban J connectivity index is 0.00000450. The van der Waals surface area contributed by atoms with Gasteiger partial charge in [-0.3, -0.25) is 14.5 Å². The van der Waals surface area contributed by atoms with Crippen molar-refractivity contribution in [1.82, 2.24) is 25.8 Å². The van der Waals surface area contributed by atoms with Gasteiger partial charge >= 0.3 is 0 Å². The van der Waals surface area contributed by atoms with Gasteiger partial charge in [-0.25, -0.2) is 4.99 Å². The minimum absolute atomic E-state index is 0. The van der Waals surface area contributed by atoms with Crippen molar-refractivity contribution in [3.8, 4) is 0 Å². The first-order valence-corrected chi connectivity index (χ1v) is 10.1. The second-order valence-corrected chi connectivity index (χ2v) is 7.60. The molecule has 0 spiro atoms. The van der Waals surface area contributed by atoms with Gasteiger partial charge in [-0.1, -0.05) is 30.3 Å². The summed E-state index contributed by atoms with van der Waals surface area (Å²) in [5.41, 5.74) is 1.15. The van der Waals surface area contributed by atoms with Crippen LogP contribution in [0.15, 0.2) is 35.3 Å². The Morgan fingerprint density at radius 3 is 2.40 bits per heavy atom. The molecule has 1 fully saturated rings. The number of hydrogen-bond acceptors (Lipinski definition) is 4. The van der Waals surface area contributed by atoms with E-state index in [1.807, 2.05) is 18.2 Å². The van der Waals surface area contributed by atoms with Crippen LogP contribution in [0.2, 0.25) is 0 Å². The number of guanidine groups is 1. The van der Waals surface area contributed by atoms with Crippen molar-refractivity contribution < 1.29 is 9.59 Å². The molecule has 1 saturated heterocycles. The Kier molecular flexibility index (Phi) is 11.7. The zero-order chi connectivity index (χ0) is 21.2. The van der Waals surface area contributed by atoms with Crippen LogP contribution in [0.5, 0.6) is 0 Å². The Bertz CT molecular complexity index is 690. The third kappa shape index (κ3) is 8.86. The summed E-state index contributed by atoms with van der Waals surface area (Å²) in [6.45, 7) is 4.31. The minimum Gasteiger partial charge on any atom is -0.358 e. The highest BCUT2D eigenvalue weighted by Crippen LogP contribution is 2.13. The van der Waals surface area contributed by atoms with E-state index in [0.717, 1.165) is 31.5 Å². The summed E-state index contributed by atoms with van der Waals surface area (Å²) in [5, 5.41) is 9.57. The lowest BCUT2D eigenvalue weighted by molar-refractivity contribution is -0.127. The van der Waals surface area contributed by atoms with Gasteiger partial charge in [0.1, 0.15) is 6.54 Å². The summed E-state index contributed by atoms with van der Waals surface area (Å²) in [4.78, 5) is 31.8. The molecule has 1 aliphatic heterocycles. The van der Waals surface area contributed by atoms with E-state index in [4.69, 9.17) is 0 Å². The SMILES string of the molecule is CNC(=O)CN1CCC(NC(=NCC(=O)N(C)C)NC(C)c2ccccc2)CC1.I. The molecule has 1 aromatic carbocycles. The molecule has 0 radical (unpaired) electrons. The molecule has 168 valence electrons. The Labute approximate surface area is 196 Å². The molecule has 1 aliphatic rings. The molecule has 1 heterocycles. The van der Waals surface area contributed by atoms with Gasteiger partial charge in [0.25, 0.3) is 0 Å². The van der Waals surface area contributed by atoms with Crippen molar-refractivity contribution in [3.05, 3.63) is 35.9 Å². The summed E-state index contributed by atoms with van der Waals surface area (Å²) in [6, 6.07) is 10.5. The fraction of sp³-hybridized carbons (Fsp3) is 0.571. The predicted molar refractivity (Wildman–Crippen MR) is 131 cm³/mol. The third-order valence-corrected chi connectivity index (χ3v) is 5.10. The van der Waals surface area contributed by atoms with Crippen molar-refractivity contribution in [2.45, 2.75) is 31.8 Å². The van der Waals surface area contributed by atoms with Crippen LogP contribution in [0.4, 0.5) is 0 Å². The smallest absolute Gasteiger partial charge is 0.243 e. The van der Waals surface area contributed by atoms with Gasteiger partial charge in [-0.05, 0) is 25.3 Å². The first-order valence-electron chi connectivity index (χ1n) is 10.1. The van der Waals surface area contributed by atoms with E-state index in [-0.39, 0.29) is 54.4 Å².